The summed E-state index contributed by atoms with van der Waals surface area (Å²) in [5, 5.41) is 0.501. The summed E-state index contributed by atoms with van der Waals surface area (Å²) in [6.45, 7) is 0. The third-order valence-electron chi connectivity index (χ3n) is 3.55. The van der Waals surface area contributed by atoms with Gasteiger partial charge in [-0.2, -0.15) is 0 Å². The van der Waals surface area contributed by atoms with Crippen LogP contribution in [0.2, 0.25) is 0 Å². The van der Waals surface area contributed by atoms with Gasteiger partial charge in [-0.1, -0.05) is 23.9 Å². The predicted molar refractivity (Wildman–Crippen MR) is 92.9 cm³/mol. The molecule has 0 aliphatic carbocycles. The van der Waals surface area contributed by atoms with E-state index >= 15 is 0 Å². The number of halogens is 2. The minimum atomic E-state index is -3.50. The highest BCUT2D eigenvalue weighted by molar-refractivity contribution is 7.98. The first kappa shape index (κ1) is 17.8. The second-order valence-electron chi connectivity index (χ2n) is 5.55. The first-order chi connectivity index (χ1) is 11.8. The van der Waals surface area contributed by atoms with Gasteiger partial charge in [0.15, 0.2) is 16.8 Å². The Balaban J connectivity index is 1.80. The number of rotatable bonds is 5. The van der Waals surface area contributed by atoms with Crippen molar-refractivity contribution in [3.05, 3.63) is 53.6 Å². The fourth-order valence-corrected chi connectivity index (χ4v) is 4.01. The summed E-state index contributed by atoms with van der Waals surface area (Å²) >= 11 is 1.32. The van der Waals surface area contributed by atoms with Crippen LogP contribution in [0, 0.1) is 11.6 Å². The molecule has 0 spiro atoms. The average molecular weight is 383 g/mol. The van der Waals surface area contributed by atoms with Gasteiger partial charge in [0.25, 0.3) is 0 Å². The maximum absolute atomic E-state index is 13.2. The summed E-state index contributed by atoms with van der Waals surface area (Å²) in [5.41, 5.74) is 1.54. The van der Waals surface area contributed by atoms with Crippen LogP contribution in [0.4, 0.5) is 8.78 Å². The molecule has 0 unspecified atom stereocenters. The maximum Gasteiger partial charge on any atom is 0.242 e. The van der Waals surface area contributed by atoms with Crippen LogP contribution in [0.15, 0.2) is 46.5 Å². The summed E-state index contributed by atoms with van der Waals surface area (Å²) in [4.78, 5) is 7.33. The van der Waals surface area contributed by atoms with Crippen molar-refractivity contribution in [2.75, 3.05) is 14.1 Å². The number of benzene rings is 2. The van der Waals surface area contributed by atoms with Crippen LogP contribution in [0.3, 0.4) is 0 Å². The van der Waals surface area contributed by atoms with Gasteiger partial charge in [-0.3, -0.25) is 0 Å². The number of fused-ring (bicyclic) bond motifs is 1. The van der Waals surface area contributed by atoms with E-state index in [1.807, 2.05) is 6.07 Å². The van der Waals surface area contributed by atoms with Crippen LogP contribution >= 0.6 is 11.8 Å². The quantitative estimate of drug-likeness (QED) is 0.686. The minimum Gasteiger partial charge on any atom is -0.333 e. The van der Waals surface area contributed by atoms with Gasteiger partial charge in [-0.05, 0) is 17.7 Å². The van der Waals surface area contributed by atoms with E-state index in [0.717, 1.165) is 22.0 Å². The molecule has 1 N–H and O–H groups in total. The van der Waals surface area contributed by atoms with Crippen molar-refractivity contribution in [1.82, 2.24) is 14.3 Å². The minimum absolute atomic E-state index is 0.212. The molecule has 0 saturated heterocycles. The number of hydrogen-bond acceptors (Lipinski definition) is 4. The number of aromatic amines is 1. The van der Waals surface area contributed by atoms with E-state index in [1.165, 1.54) is 31.9 Å². The van der Waals surface area contributed by atoms with Crippen LogP contribution in [0.1, 0.15) is 5.56 Å². The number of thioether (sulfide) groups is 1. The van der Waals surface area contributed by atoms with Gasteiger partial charge in [0, 0.05) is 32.0 Å². The predicted octanol–water partition coefficient (Wildman–Crippen LogP) is 3.38. The molecule has 0 amide bonds. The number of sulfonamides is 1. The molecule has 25 heavy (non-hydrogen) atoms. The Morgan fingerprint density at radius 2 is 1.88 bits per heavy atom. The molecule has 3 aromatic rings. The van der Waals surface area contributed by atoms with E-state index in [2.05, 4.69) is 9.97 Å². The van der Waals surface area contributed by atoms with Gasteiger partial charge in [0.1, 0.15) is 0 Å². The smallest absolute Gasteiger partial charge is 0.242 e. The molecule has 0 fully saturated rings. The number of imidazole rings is 1. The summed E-state index contributed by atoms with van der Waals surface area (Å²) in [6, 6.07) is 8.72. The fraction of sp³-hybridized carbons (Fsp3) is 0.188. The van der Waals surface area contributed by atoms with Crippen molar-refractivity contribution in [2.45, 2.75) is 15.8 Å². The van der Waals surface area contributed by atoms with Gasteiger partial charge in [-0.25, -0.2) is 26.5 Å². The topological polar surface area (TPSA) is 66.1 Å². The van der Waals surface area contributed by atoms with Crippen molar-refractivity contribution in [3.63, 3.8) is 0 Å². The Hall–Kier alpha value is -1.97. The molecule has 3 rings (SSSR count). The van der Waals surface area contributed by atoms with E-state index in [9.17, 15) is 17.2 Å². The van der Waals surface area contributed by atoms with Crippen molar-refractivity contribution in [1.29, 1.82) is 0 Å². The molecule has 0 atom stereocenters. The molecule has 0 saturated carbocycles. The molecule has 9 heteroatoms. The van der Waals surface area contributed by atoms with Gasteiger partial charge < -0.3 is 4.98 Å². The molecule has 1 heterocycles. The molecular formula is C16H15F2N3O2S2. The van der Waals surface area contributed by atoms with Gasteiger partial charge in [0.05, 0.1) is 15.9 Å². The molecular weight excluding hydrogens is 368 g/mol. The lowest BCUT2D eigenvalue weighted by Gasteiger charge is -2.12. The molecule has 0 aliphatic rings. The van der Waals surface area contributed by atoms with Gasteiger partial charge >= 0.3 is 0 Å². The monoisotopic (exact) mass is 383 g/mol. The number of nitrogens with zero attached hydrogens (tertiary/aromatic N) is 2. The number of aromatic nitrogens is 2. The first-order valence-corrected chi connectivity index (χ1v) is 9.69. The Kier molecular flexibility index (Phi) is 4.81. The molecule has 0 radical (unpaired) electrons. The summed E-state index contributed by atoms with van der Waals surface area (Å²) in [5.74, 6) is -1.42. The van der Waals surface area contributed by atoms with Crippen LogP contribution in [0.5, 0.6) is 0 Å². The number of H-pyrrole nitrogens is 1. The lowest BCUT2D eigenvalue weighted by atomic mass is 10.2. The van der Waals surface area contributed by atoms with Crippen molar-refractivity contribution < 1.29 is 17.2 Å². The lowest BCUT2D eigenvalue weighted by molar-refractivity contribution is 0.510. The molecule has 132 valence electrons. The van der Waals surface area contributed by atoms with Crippen molar-refractivity contribution in [3.8, 4) is 0 Å². The lowest BCUT2D eigenvalue weighted by Crippen LogP contribution is -2.22. The Bertz CT molecular complexity index is 994. The normalized spacial score (nSPS) is 12.2. The van der Waals surface area contributed by atoms with Crippen LogP contribution < -0.4 is 0 Å². The van der Waals surface area contributed by atoms with Crippen LogP contribution in [-0.2, 0) is 15.8 Å². The van der Waals surface area contributed by atoms with E-state index in [4.69, 9.17) is 0 Å². The zero-order valence-electron chi connectivity index (χ0n) is 13.5. The van der Waals surface area contributed by atoms with Crippen LogP contribution in [0.25, 0.3) is 11.0 Å². The highest BCUT2D eigenvalue weighted by Crippen LogP contribution is 2.25. The molecule has 5 nitrogen and oxygen atoms in total. The Morgan fingerprint density at radius 1 is 1.16 bits per heavy atom. The fourth-order valence-electron chi connectivity index (χ4n) is 2.21. The zero-order valence-corrected chi connectivity index (χ0v) is 15.1. The van der Waals surface area contributed by atoms with E-state index in [1.54, 1.807) is 12.1 Å². The first-order valence-electron chi connectivity index (χ1n) is 7.26. The number of hydrogen-bond donors (Lipinski definition) is 1. The molecule has 2 aromatic carbocycles. The van der Waals surface area contributed by atoms with Gasteiger partial charge in [0.2, 0.25) is 10.0 Å². The molecule has 0 aliphatic heterocycles. The summed E-state index contributed by atoms with van der Waals surface area (Å²) in [6.07, 6.45) is 0. The Morgan fingerprint density at radius 3 is 2.60 bits per heavy atom. The second-order valence-corrected chi connectivity index (χ2v) is 8.66. The average Bonchev–Trinajstić information content (AvgIpc) is 2.95. The summed E-state index contributed by atoms with van der Waals surface area (Å²) < 4.78 is 52.0. The molecule has 1 aromatic heterocycles. The van der Waals surface area contributed by atoms with E-state index < -0.39 is 21.7 Å². The SMILES string of the molecule is CN(C)S(=O)(=O)c1cccc(CSc2nc3cc(F)c(F)cc3[nH]2)c1. The third-order valence-corrected chi connectivity index (χ3v) is 6.31. The van der Waals surface area contributed by atoms with Gasteiger partial charge in [-0.15, -0.1) is 0 Å². The molecule has 0 bridgehead atoms. The van der Waals surface area contributed by atoms with Crippen LogP contribution in [-0.4, -0.2) is 36.8 Å². The van der Waals surface area contributed by atoms with Crippen molar-refractivity contribution in [2.24, 2.45) is 0 Å². The highest BCUT2D eigenvalue weighted by atomic mass is 32.2. The largest absolute Gasteiger partial charge is 0.333 e. The highest BCUT2D eigenvalue weighted by Gasteiger charge is 2.17. The third kappa shape index (κ3) is 3.68. The Labute approximate surface area is 148 Å². The van der Waals surface area contributed by atoms with Crippen molar-refractivity contribution >= 4 is 32.8 Å². The standard InChI is InChI=1S/C16H15F2N3O2S2/c1-21(2)25(22,23)11-5-3-4-10(6-11)9-24-16-19-14-7-12(17)13(18)8-15(14)20-16/h3-8H,9H2,1-2H3,(H,19,20). The summed E-state index contributed by atoms with van der Waals surface area (Å²) in [7, 11) is -0.544. The van der Waals surface area contributed by atoms with E-state index in [0.29, 0.717) is 21.9 Å². The second kappa shape index (κ2) is 6.74. The maximum atomic E-state index is 13.2. The van der Waals surface area contributed by atoms with E-state index in [-0.39, 0.29) is 4.90 Å². The number of nitrogens with one attached hydrogen (secondary N) is 1. The zero-order chi connectivity index (χ0) is 18.2.